The number of anilines is 1. The number of carbonyl (C=O) groups is 1. The zero-order valence-corrected chi connectivity index (χ0v) is 19.3. The van der Waals surface area contributed by atoms with Gasteiger partial charge in [0.25, 0.3) is 5.91 Å². The van der Waals surface area contributed by atoms with Crippen LogP contribution in [0.3, 0.4) is 0 Å². The molecule has 4 aromatic rings. The van der Waals surface area contributed by atoms with Crippen molar-refractivity contribution in [2.24, 2.45) is 0 Å². The molecule has 0 aromatic heterocycles. The fraction of sp³-hybridized carbons (Fsp3) is 0.179. The fourth-order valence-electron chi connectivity index (χ4n) is 4.46. The number of amides is 1. The van der Waals surface area contributed by atoms with Crippen LogP contribution in [0, 0.1) is 0 Å². The Morgan fingerprint density at radius 3 is 2.32 bits per heavy atom. The molecule has 5 nitrogen and oxygen atoms in total. The minimum Gasteiger partial charge on any atom is -0.385 e. The Kier molecular flexibility index (Phi) is 6.14. The van der Waals surface area contributed by atoms with Crippen LogP contribution in [0.4, 0.5) is 5.69 Å². The molecule has 0 radical (unpaired) electrons. The van der Waals surface area contributed by atoms with Gasteiger partial charge in [-0.05, 0) is 54.6 Å². The average Bonchev–Trinajstić information content (AvgIpc) is 2.88. The number of likely N-dealkylation sites (tertiary alicyclic amines) is 1. The van der Waals surface area contributed by atoms with Crippen molar-refractivity contribution in [1.29, 1.82) is 0 Å². The summed E-state index contributed by atoms with van der Waals surface area (Å²) in [6.07, 6.45) is 0.886. The van der Waals surface area contributed by atoms with E-state index in [1.165, 1.54) is 0 Å². The van der Waals surface area contributed by atoms with Gasteiger partial charge in [-0.25, -0.2) is 5.48 Å². The zero-order valence-electron chi connectivity index (χ0n) is 18.6. The van der Waals surface area contributed by atoms with Crippen molar-refractivity contribution in [3.05, 3.63) is 107 Å². The number of fused-ring (bicyclic) bond motifs is 1. The molecule has 1 fully saturated rings. The summed E-state index contributed by atoms with van der Waals surface area (Å²) in [5, 5.41) is 13.8. The molecule has 5 rings (SSSR count). The van der Waals surface area contributed by atoms with Crippen LogP contribution in [-0.2, 0) is 5.60 Å². The molecule has 0 saturated carbocycles. The van der Waals surface area contributed by atoms with Gasteiger partial charge >= 0.3 is 0 Å². The first kappa shape index (κ1) is 22.3. The molecule has 0 atom stereocenters. The van der Waals surface area contributed by atoms with Gasteiger partial charge in [0.2, 0.25) is 0 Å². The second-order valence-corrected chi connectivity index (χ2v) is 8.97. The van der Waals surface area contributed by atoms with Crippen molar-refractivity contribution in [3.8, 4) is 5.75 Å². The first-order valence-corrected chi connectivity index (χ1v) is 11.7. The van der Waals surface area contributed by atoms with Gasteiger partial charge in [-0.1, -0.05) is 66.2 Å². The number of nitrogens with one attached hydrogen (secondary N) is 1. The standard InChI is InChI=1S/C28H25ClN2O3/c29-25-10-4-3-9-24(25)28(33)16-18-31(19-17-28)27(32)21-12-14-22(15-13-21)34-30-26-11-5-7-20-6-1-2-8-23(20)26/h1-15,30,33H,16-19H2. The SMILES string of the molecule is O=C(c1ccc(ONc2cccc3ccccc23)cc1)N1CCC(O)(c2ccccc2Cl)CC1. The van der Waals surface area contributed by atoms with Gasteiger partial charge in [-0.2, -0.15) is 0 Å². The van der Waals surface area contributed by atoms with Crippen LogP contribution in [0.5, 0.6) is 5.75 Å². The number of halogens is 1. The predicted molar refractivity (Wildman–Crippen MR) is 135 cm³/mol. The summed E-state index contributed by atoms with van der Waals surface area (Å²) in [5.41, 5.74) is 4.18. The summed E-state index contributed by atoms with van der Waals surface area (Å²) in [7, 11) is 0. The van der Waals surface area contributed by atoms with Crippen molar-refractivity contribution in [1.82, 2.24) is 4.90 Å². The molecule has 0 spiro atoms. The van der Waals surface area contributed by atoms with Crippen LogP contribution >= 0.6 is 11.6 Å². The van der Waals surface area contributed by atoms with Crippen LogP contribution in [0.25, 0.3) is 10.8 Å². The second-order valence-electron chi connectivity index (χ2n) is 8.56. The maximum Gasteiger partial charge on any atom is 0.253 e. The Morgan fingerprint density at radius 1 is 0.882 bits per heavy atom. The molecule has 2 N–H and O–H groups in total. The van der Waals surface area contributed by atoms with Crippen molar-refractivity contribution in [2.75, 3.05) is 18.6 Å². The largest absolute Gasteiger partial charge is 0.385 e. The average molecular weight is 473 g/mol. The van der Waals surface area contributed by atoms with Gasteiger partial charge in [0, 0.05) is 34.6 Å². The Balaban J connectivity index is 1.21. The molecule has 1 aliphatic heterocycles. The summed E-state index contributed by atoms with van der Waals surface area (Å²) < 4.78 is 0. The van der Waals surface area contributed by atoms with Crippen molar-refractivity contribution in [3.63, 3.8) is 0 Å². The molecule has 1 amide bonds. The molecule has 34 heavy (non-hydrogen) atoms. The third-order valence-electron chi connectivity index (χ3n) is 6.42. The van der Waals surface area contributed by atoms with Crippen LogP contribution in [0.15, 0.2) is 91.0 Å². The monoisotopic (exact) mass is 472 g/mol. The molecule has 4 aromatic carbocycles. The maximum absolute atomic E-state index is 13.0. The lowest BCUT2D eigenvalue weighted by molar-refractivity contribution is -0.0210. The minimum atomic E-state index is -1.01. The van der Waals surface area contributed by atoms with Crippen molar-refractivity contribution < 1.29 is 14.7 Å². The van der Waals surface area contributed by atoms with E-state index in [4.69, 9.17) is 16.4 Å². The van der Waals surface area contributed by atoms with E-state index in [1.807, 2.05) is 48.5 Å². The van der Waals surface area contributed by atoms with E-state index in [9.17, 15) is 9.90 Å². The Labute approximate surface area is 203 Å². The highest BCUT2D eigenvalue weighted by molar-refractivity contribution is 6.31. The molecular weight excluding hydrogens is 448 g/mol. The van der Waals surface area contributed by atoms with Gasteiger partial charge in [0.15, 0.2) is 5.75 Å². The number of hydrogen-bond donors (Lipinski definition) is 2. The van der Waals surface area contributed by atoms with Crippen LogP contribution in [0.2, 0.25) is 5.02 Å². The number of nitrogens with zero attached hydrogens (tertiary/aromatic N) is 1. The highest BCUT2D eigenvalue weighted by Gasteiger charge is 2.36. The quantitative estimate of drug-likeness (QED) is 0.348. The first-order chi connectivity index (χ1) is 16.5. The maximum atomic E-state index is 13.0. The van der Waals surface area contributed by atoms with Crippen molar-refractivity contribution in [2.45, 2.75) is 18.4 Å². The summed E-state index contributed by atoms with van der Waals surface area (Å²) in [5.74, 6) is 0.547. The van der Waals surface area contributed by atoms with E-state index in [1.54, 1.807) is 35.2 Å². The van der Waals surface area contributed by atoms with Gasteiger partial charge in [-0.3, -0.25) is 4.79 Å². The highest BCUT2D eigenvalue weighted by Crippen LogP contribution is 2.37. The number of aliphatic hydroxyl groups is 1. The van der Waals surface area contributed by atoms with E-state index in [0.29, 0.717) is 42.3 Å². The lowest BCUT2D eigenvalue weighted by atomic mass is 9.84. The highest BCUT2D eigenvalue weighted by atomic mass is 35.5. The smallest absolute Gasteiger partial charge is 0.253 e. The second kappa shape index (κ2) is 9.37. The third-order valence-corrected chi connectivity index (χ3v) is 6.75. The summed E-state index contributed by atoms with van der Waals surface area (Å²) in [4.78, 5) is 20.5. The van der Waals surface area contributed by atoms with Gasteiger partial charge in [0.05, 0.1) is 11.3 Å². The van der Waals surface area contributed by atoms with E-state index < -0.39 is 5.60 Å². The van der Waals surface area contributed by atoms with Crippen LogP contribution < -0.4 is 10.3 Å². The zero-order chi connectivity index (χ0) is 23.5. The summed E-state index contributed by atoms with van der Waals surface area (Å²) >= 11 is 6.29. The number of benzene rings is 4. The van der Waals surface area contributed by atoms with Gasteiger partial charge in [-0.15, -0.1) is 0 Å². The van der Waals surface area contributed by atoms with E-state index in [-0.39, 0.29) is 5.91 Å². The Morgan fingerprint density at radius 2 is 1.56 bits per heavy atom. The number of hydrogen-bond acceptors (Lipinski definition) is 4. The number of carbonyl (C=O) groups excluding carboxylic acids is 1. The Hall–Kier alpha value is -3.54. The molecule has 0 unspecified atom stereocenters. The summed E-state index contributed by atoms with van der Waals surface area (Å²) in [6.45, 7) is 0.920. The molecule has 1 saturated heterocycles. The third kappa shape index (κ3) is 4.45. The molecule has 0 bridgehead atoms. The molecular formula is C28H25ClN2O3. The molecule has 0 aliphatic carbocycles. The Bertz CT molecular complexity index is 1310. The first-order valence-electron chi connectivity index (χ1n) is 11.3. The number of piperidine rings is 1. The van der Waals surface area contributed by atoms with Gasteiger partial charge in [0.1, 0.15) is 0 Å². The molecule has 1 aliphatic rings. The normalized spacial score (nSPS) is 15.2. The van der Waals surface area contributed by atoms with Crippen LogP contribution in [-0.4, -0.2) is 29.0 Å². The summed E-state index contributed by atoms with van der Waals surface area (Å²) in [6, 6.07) is 28.5. The van der Waals surface area contributed by atoms with E-state index in [0.717, 1.165) is 22.0 Å². The van der Waals surface area contributed by atoms with E-state index in [2.05, 4.69) is 17.6 Å². The lowest BCUT2D eigenvalue weighted by Gasteiger charge is -2.39. The fourth-order valence-corrected chi connectivity index (χ4v) is 4.78. The molecule has 6 heteroatoms. The van der Waals surface area contributed by atoms with Crippen LogP contribution in [0.1, 0.15) is 28.8 Å². The number of rotatable bonds is 5. The van der Waals surface area contributed by atoms with Crippen molar-refractivity contribution >= 4 is 34.0 Å². The van der Waals surface area contributed by atoms with E-state index >= 15 is 0 Å². The topological polar surface area (TPSA) is 61.8 Å². The minimum absolute atomic E-state index is 0.0604. The molecule has 172 valence electrons. The predicted octanol–water partition coefficient (Wildman–Crippen LogP) is 6.02. The van der Waals surface area contributed by atoms with Gasteiger partial charge < -0.3 is 14.8 Å². The lowest BCUT2D eigenvalue weighted by Crippen LogP contribution is -2.45. The molecule has 1 heterocycles.